The molecule has 2 aromatic heterocycles. The molecule has 0 aliphatic rings. The molecule has 1 aromatic carbocycles. The minimum atomic E-state index is -0.114. The maximum atomic E-state index is 8.55. The summed E-state index contributed by atoms with van der Waals surface area (Å²) in [5.74, 6) is 0.524. The lowest BCUT2D eigenvalue weighted by molar-refractivity contribution is 0.552. The summed E-state index contributed by atoms with van der Waals surface area (Å²) in [6.45, 7) is 6.92. The first-order chi connectivity index (χ1) is 10.1. The molecule has 3 rings (SSSR count). The standard InChI is InChI=1S/C15H17N5S/c1-9(2)14-6-12-13(21-14)5-4-11-7-17-20(15(11)12)8-10(3)18-19-16/h4-7,9-10H,8H2,1-3H3/t10-/m0/s1. The van der Waals surface area contributed by atoms with Gasteiger partial charge in [0.15, 0.2) is 0 Å². The highest BCUT2D eigenvalue weighted by Crippen LogP contribution is 2.35. The van der Waals surface area contributed by atoms with Gasteiger partial charge >= 0.3 is 0 Å². The van der Waals surface area contributed by atoms with Gasteiger partial charge in [-0.25, -0.2) is 0 Å². The van der Waals surface area contributed by atoms with Gasteiger partial charge in [-0.15, -0.1) is 11.3 Å². The molecule has 0 aliphatic heterocycles. The van der Waals surface area contributed by atoms with Crippen LogP contribution in [0.1, 0.15) is 31.6 Å². The topological polar surface area (TPSA) is 66.6 Å². The van der Waals surface area contributed by atoms with Crippen molar-refractivity contribution in [2.24, 2.45) is 5.11 Å². The Morgan fingerprint density at radius 3 is 2.90 bits per heavy atom. The molecule has 1 atom stereocenters. The van der Waals surface area contributed by atoms with Gasteiger partial charge in [0.25, 0.3) is 0 Å². The first-order valence-electron chi connectivity index (χ1n) is 7.02. The highest BCUT2D eigenvalue weighted by Gasteiger charge is 2.13. The van der Waals surface area contributed by atoms with E-state index in [0.29, 0.717) is 12.5 Å². The zero-order chi connectivity index (χ0) is 15.0. The smallest absolute Gasteiger partial charge is 0.0769 e. The predicted octanol–water partition coefficient (Wildman–Crippen LogP) is 5.07. The third-order valence-electron chi connectivity index (χ3n) is 3.57. The SMILES string of the molecule is CC(C)c1cc2c(ccc3cnn(C[C@H](C)N=[N+]=[N-])c32)s1. The van der Waals surface area contributed by atoms with Crippen molar-refractivity contribution < 1.29 is 0 Å². The van der Waals surface area contributed by atoms with Crippen LogP contribution >= 0.6 is 11.3 Å². The molecule has 0 fully saturated rings. The molecule has 0 unspecified atom stereocenters. The van der Waals surface area contributed by atoms with Crippen molar-refractivity contribution in [2.45, 2.75) is 39.3 Å². The first-order valence-corrected chi connectivity index (χ1v) is 7.84. The van der Waals surface area contributed by atoms with Crippen LogP contribution in [0, 0.1) is 0 Å². The van der Waals surface area contributed by atoms with Crippen molar-refractivity contribution >= 4 is 32.3 Å². The van der Waals surface area contributed by atoms with Gasteiger partial charge in [0.1, 0.15) is 0 Å². The number of hydrogen-bond donors (Lipinski definition) is 0. The maximum Gasteiger partial charge on any atom is 0.0769 e. The molecule has 0 saturated heterocycles. The molecule has 6 heteroatoms. The number of aromatic nitrogens is 2. The van der Waals surface area contributed by atoms with Gasteiger partial charge in [-0.1, -0.05) is 25.9 Å². The van der Waals surface area contributed by atoms with Crippen molar-refractivity contribution in [3.8, 4) is 0 Å². The number of benzene rings is 1. The fourth-order valence-electron chi connectivity index (χ4n) is 2.51. The molecule has 108 valence electrons. The molecule has 0 saturated carbocycles. The number of azide groups is 1. The second-order valence-electron chi connectivity index (χ2n) is 5.60. The molecule has 0 bridgehead atoms. The van der Waals surface area contributed by atoms with E-state index in [1.165, 1.54) is 15.0 Å². The largest absolute Gasteiger partial charge is 0.264 e. The molecule has 0 radical (unpaired) electrons. The normalized spacial score (nSPS) is 13.0. The average molecular weight is 299 g/mol. The molecule has 2 heterocycles. The summed E-state index contributed by atoms with van der Waals surface area (Å²) in [7, 11) is 0. The Balaban J connectivity index is 2.17. The fourth-order valence-corrected chi connectivity index (χ4v) is 3.58. The summed E-state index contributed by atoms with van der Waals surface area (Å²) in [4.78, 5) is 4.25. The number of nitrogens with zero attached hydrogens (tertiary/aromatic N) is 5. The van der Waals surface area contributed by atoms with Gasteiger partial charge in [0.05, 0.1) is 17.8 Å². The van der Waals surface area contributed by atoms with Crippen molar-refractivity contribution in [1.29, 1.82) is 0 Å². The lowest BCUT2D eigenvalue weighted by Gasteiger charge is -2.07. The highest BCUT2D eigenvalue weighted by molar-refractivity contribution is 7.19. The molecule has 0 aliphatic carbocycles. The Morgan fingerprint density at radius 1 is 1.38 bits per heavy atom. The van der Waals surface area contributed by atoms with Crippen molar-refractivity contribution in [2.75, 3.05) is 0 Å². The van der Waals surface area contributed by atoms with E-state index in [2.05, 4.69) is 47.2 Å². The van der Waals surface area contributed by atoms with E-state index < -0.39 is 0 Å². The third-order valence-corrected chi connectivity index (χ3v) is 4.97. The highest BCUT2D eigenvalue weighted by atomic mass is 32.1. The van der Waals surface area contributed by atoms with Gasteiger partial charge in [0, 0.05) is 31.8 Å². The lowest BCUT2D eigenvalue weighted by atomic mass is 10.1. The summed E-state index contributed by atoms with van der Waals surface area (Å²) in [6.07, 6.45) is 1.88. The van der Waals surface area contributed by atoms with E-state index in [4.69, 9.17) is 5.53 Å². The van der Waals surface area contributed by atoms with Gasteiger partial charge in [0.2, 0.25) is 0 Å². The van der Waals surface area contributed by atoms with Crippen molar-refractivity contribution in [3.05, 3.63) is 39.7 Å². The summed E-state index contributed by atoms with van der Waals surface area (Å²) >= 11 is 1.84. The van der Waals surface area contributed by atoms with Gasteiger partial charge < -0.3 is 0 Å². The number of hydrogen-bond acceptors (Lipinski definition) is 3. The van der Waals surface area contributed by atoms with E-state index in [0.717, 1.165) is 10.9 Å². The number of fused-ring (bicyclic) bond motifs is 3. The predicted molar refractivity (Wildman–Crippen MR) is 87.8 cm³/mol. The van der Waals surface area contributed by atoms with Crippen LogP contribution in [0.5, 0.6) is 0 Å². The summed E-state index contributed by atoms with van der Waals surface area (Å²) in [5, 5.41) is 10.6. The minimum Gasteiger partial charge on any atom is -0.264 e. The minimum absolute atomic E-state index is 0.114. The summed E-state index contributed by atoms with van der Waals surface area (Å²) in [5.41, 5.74) is 9.68. The van der Waals surface area contributed by atoms with Crippen LogP contribution in [-0.4, -0.2) is 15.8 Å². The quantitative estimate of drug-likeness (QED) is 0.376. The van der Waals surface area contributed by atoms with Gasteiger partial charge in [-0.05, 0) is 29.6 Å². The molecule has 3 aromatic rings. The molecule has 0 spiro atoms. The molecule has 21 heavy (non-hydrogen) atoms. The van der Waals surface area contributed by atoms with Crippen LogP contribution < -0.4 is 0 Å². The molecule has 0 N–H and O–H groups in total. The lowest BCUT2D eigenvalue weighted by Crippen LogP contribution is -2.10. The molecular weight excluding hydrogens is 282 g/mol. The van der Waals surface area contributed by atoms with Crippen LogP contribution in [0.2, 0.25) is 0 Å². The molecular formula is C15H17N5S. The monoisotopic (exact) mass is 299 g/mol. The van der Waals surface area contributed by atoms with Crippen LogP contribution in [0.4, 0.5) is 0 Å². The summed E-state index contributed by atoms with van der Waals surface area (Å²) in [6, 6.07) is 6.43. The van der Waals surface area contributed by atoms with Gasteiger partial charge in [-0.2, -0.15) is 5.10 Å². The molecule has 0 amide bonds. The Hall–Kier alpha value is -2.04. The van der Waals surface area contributed by atoms with E-state index >= 15 is 0 Å². The van der Waals surface area contributed by atoms with Crippen LogP contribution in [0.25, 0.3) is 31.4 Å². The summed E-state index contributed by atoms with van der Waals surface area (Å²) < 4.78 is 3.23. The van der Waals surface area contributed by atoms with Crippen molar-refractivity contribution in [3.63, 3.8) is 0 Å². The van der Waals surface area contributed by atoms with Crippen LogP contribution in [0.3, 0.4) is 0 Å². The first kappa shape index (κ1) is 13.9. The van der Waals surface area contributed by atoms with Crippen molar-refractivity contribution in [1.82, 2.24) is 9.78 Å². The zero-order valence-electron chi connectivity index (χ0n) is 12.3. The Kier molecular flexibility index (Phi) is 3.57. The third kappa shape index (κ3) is 2.48. The second-order valence-corrected chi connectivity index (χ2v) is 6.71. The van der Waals surface area contributed by atoms with Crippen LogP contribution in [0.15, 0.2) is 29.5 Å². The molecule has 5 nitrogen and oxygen atoms in total. The Morgan fingerprint density at radius 2 is 2.19 bits per heavy atom. The van der Waals surface area contributed by atoms with E-state index in [-0.39, 0.29) is 6.04 Å². The van der Waals surface area contributed by atoms with E-state index in [9.17, 15) is 0 Å². The van der Waals surface area contributed by atoms with Gasteiger partial charge in [-0.3, -0.25) is 4.68 Å². The maximum absolute atomic E-state index is 8.55. The second kappa shape index (κ2) is 5.39. The zero-order valence-corrected chi connectivity index (χ0v) is 13.1. The number of rotatable bonds is 4. The Bertz CT molecular complexity index is 838. The number of thiophene rings is 1. The van der Waals surface area contributed by atoms with Crippen LogP contribution in [-0.2, 0) is 6.54 Å². The fraction of sp³-hybridized carbons (Fsp3) is 0.400. The van der Waals surface area contributed by atoms with E-state index in [1.54, 1.807) is 0 Å². The van der Waals surface area contributed by atoms with E-state index in [1.807, 2.05) is 29.1 Å². The average Bonchev–Trinajstić information content (AvgIpc) is 3.02. The Labute approximate surface area is 126 Å².